The molecule has 8 rings (SSSR count). The van der Waals surface area contributed by atoms with Crippen LogP contribution in [0.15, 0.2) is 11.1 Å². The van der Waals surface area contributed by atoms with Gasteiger partial charge in [-0.05, 0) is 63.4 Å². The lowest BCUT2D eigenvalue weighted by atomic mass is 9.59. The quantitative estimate of drug-likeness (QED) is 0.307. The first-order chi connectivity index (χ1) is 18.3. The fourth-order valence-corrected chi connectivity index (χ4v) is 12.3. The molecule has 7 fully saturated rings. The summed E-state index contributed by atoms with van der Waals surface area (Å²) in [5.74, 6) is -0.961. The SMILES string of the molecule is CC(=O)O[C@@H]1C[C@](C)(O)C2C(=C(C)[C@H]3[C@@H]2[C@H]2CC4O[C@@]5(C)CCC6C(C)C(=O)O[C@@H]6C43C25)[C@H]2OC(=O)C(C)[C@@H]21. The Morgan fingerprint density at radius 1 is 1.03 bits per heavy atom. The molecule has 1 N–H and O–H groups in total. The fraction of sp³-hybridized carbons (Fsp3) is 0.839. The molecule has 8 heteroatoms. The van der Waals surface area contributed by atoms with E-state index < -0.39 is 29.7 Å². The van der Waals surface area contributed by atoms with Crippen molar-refractivity contribution in [1.82, 2.24) is 0 Å². The van der Waals surface area contributed by atoms with Gasteiger partial charge in [0.1, 0.15) is 18.3 Å². The Bertz CT molecular complexity index is 1240. The van der Waals surface area contributed by atoms with E-state index in [9.17, 15) is 19.5 Å². The third-order valence-corrected chi connectivity index (χ3v) is 13.1. The van der Waals surface area contributed by atoms with Crippen molar-refractivity contribution in [3.05, 3.63) is 11.1 Å². The molecule has 0 aromatic rings. The standard InChI is InChI=1S/C31H40O8/c1-11-15-7-8-30(6)25-16-9-18(39-30)31(25,26(15)38-27(11)33)22-12(2)20-23(21(16)22)29(5,35)10-17(36-14(4)32)19-13(3)28(34)37-24(19)20/h11,13,15-19,21-26,35H,7-10H2,1-6H3/t11?,13?,15?,16-,17-,18?,19-,21+,22+,23?,24+,25?,26+,29+,30+,31?/m1/s1. The van der Waals surface area contributed by atoms with Crippen LogP contribution in [-0.2, 0) is 33.3 Å². The van der Waals surface area contributed by atoms with Gasteiger partial charge in [0.05, 0.1) is 35.1 Å². The summed E-state index contributed by atoms with van der Waals surface area (Å²) in [4.78, 5) is 38.2. The van der Waals surface area contributed by atoms with Crippen LogP contribution in [0, 0.1) is 58.7 Å². The number of esters is 3. The number of carbonyl (C=O) groups is 3. The van der Waals surface area contributed by atoms with Crippen LogP contribution in [0.3, 0.4) is 0 Å². The van der Waals surface area contributed by atoms with Crippen LogP contribution >= 0.6 is 0 Å². The highest BCUT2D eigenvalue weighted by atomic mass is 16.6. The maximum Gasteiger partial charge on any atom is 0.309 e. The van der Waals surface area contributed by atoms with E-state index >= 15 is 0 Å². The van der Waals surface area contributed by atoms with Crippen LogP contribution in [0.25, 0.3) is 0 Å². The van der Waals surface area contributed by atoms with Crippen molar-refractivity contribution >= 4 is 17.9 Å². The number of rotatable bonds is 1. The average Bonchev–Trinajstić information content (AvgIpc) is 3.59. The highest BCUT2D eigenvalue weighted by Crippen LogP contribution is 2.82. The molecule has 16 atom stereocenters. The van der Waals surface area contributed by atoms with Crippen LogP contribution < -0.4 is 0 Å². The lowest BCUT2D eigenvalue weighted by Gasteiger charge is -2.48. The number of allylic oxidation sites excluding steroid dienone is 1. The average molecular weight is 541 g/mol. The van der Waals surface area contributed by atoms with Crippen LogP contribution in [-0.4, -0.2) is 58.6 Å². The van der Waals surface area contributed by atoms with Crippen molar-refractivity contribution in [3.63, 3.8) is 0 Å². The summed E-state index contributed by atoms with van der Waals surface area (Å²) < 4.78 is 25.2. The predicted octanol–water partition coefficient (Wildman–Crippen LogP) is 3.19. The van der Waals surface area contributed by atoms with Crippen molar-refractivity contribution in [1.29, 1.82) is 0 Å². The van der Waals surface area contributed by atoms with E-state index in [0.717, 1.165) is 24.8 Å². The first-order valence-corrected chi connectivity index (χ1v) is 15.0. The molecule has 7 unspecified atom stereocenters. The van der Waals surface area contributed by atoms with Gasteiger partial charge >= 0.3 is 17.9 Å². The van der Waals surface area contributed by atoms with Gasteiger partial charge in [0.15, 0.2) is 0 Å². The van der Waals surface area contributed by atoms with E-state index in [1.165, 1.54) is 12.5 Å². The Hall–Kier alpha value is -1.93. The van der Waals surface area contributed by atoms with Gasteiger partial charge in [0.2, 0.25) is 0 Å². The number of ether oxygens (including phenoxy) is 4. The highest BCUT2D eigenvalue weighted by Gasteiger charge is 2.85. The predicted molar refractivity (Wildman–Crippen MR) is 136 cm³/mol. The second-order valence-electron chi connectivity index (χ2n) is 14.7. The number of hydrogen-bond donors (Lipinski definition) is 1. The summed E-state index contributed by atoms with van der Waals surface area (Å²) in [5, 5.41) is 12.3. The monoisotopic (exact) mass is 540 g/mol. The first-order valence-electron chi connectivity index (χ1n) is 15.0. The molecule has 212 valence electrons. The summed E-state index contributed by atoms with van der Waals surface area (Å²) in [6, 6.07) is 0. The zero-order valence-electron chi connectivity index (χ0n) is 23.6. The Morgan fingerprint density at radius 3 is 2.46 bits per heavy atom. The smallest absolute Gasteiger partial charge is 0.309 e. The number of hydrogen-bond acceptors (Lipinski definition) is 8. The maximum absolute atomic E-state index is 13.0. The molecule has 4 saturated carbocycles. The summed E-state index contributed by atoms with van der Waals surface area (Å²) in [7, 11) is 0. The summed E-state index contributed by atoms with van der Waals surface area (Å²) in [5.41, 5.74) is 0.439. The Labute approximate surface area is 229 Å². The molecule has 0 spiro atoms. The van der Waals surface area contributed by atoms with Gasteiger partial charge in [-0.1, -0.05) is 19.4 Å². The lowest BCUT2D eigenvalue weighted by molar-refractivity contribution is -0.167. The molecule has 3 heterocycles. The number of fused-ring (bicyclic) bond motifs is 7. The summed E-state index contributed by atoms with van der Waals surface area (Å²) in [6.45, 7) is 11.6. The van der Waals surface area contributed by atoms with E-state index in [4.69, 9.17) is 18.9 Å². The van der Waals surface area contributed by atoms with E-state index in [0.29, 0.717) is 5.92 Å². The Kier molecular flexibility index (Phi) is 4.63. The van der Waals surface area contributed by atoms with Crippen LogP contribution in [0.2, 0.25) is 0 Å². The van der Waals surface area contributed by atoms with Crippen LogP contribution in [0.5, 0.6) is 0 Å². The molecule has 8 nitrogen and oxygen atoms in total. The minimum Gasteiger partial charge on any atom is -0.462 e. The first kappa shape index (κ1) is 24.8. The molecule has 0 amide bonds. The number of carbonyl (C=O) groups excluding carboxylic acids is 3. The van der Waals surface area contributed by atoms with Gasteiger partial charge in [-0.15, -0.1) is 0 Å². The molecule has 0 aromatic carbocycles. The van der Waals surface area contributed by atoms with E-state index in [1.807, 2.05) is 20.8 Å². The summed E-state index contributed by atoms with van der Waals surface area (Å²) >= 11 is 0. The van der Waals surface area contributed by atoms with Crippen molar-refractivity contribution in [2.75, 3.05) is 0 Å². The van der Waals surface area contributed by atoms with Crippen molar-refractivity contribution < 1.29 is 38.4 Å². The third-order valence-electron chi connectivity index (χ3n) is 13.1. The van der Waals surface area contributed by atoms with Crippen molar-refractivity contribution in [2.45, 2.75) is 103 Å². The van der Waals surface area contributed by atoms with Gasteiger partial charge in [-0.3, -0.25) is 14.4 Å². The molecule has 39 heavy (non-hydrogen) atoms. The van der Waals surface area contributed by atoms with Crippen molar-refractivity contribution in [2.24, 2.45) is 58.7 Å². The maximum atomic E-state index is 13.0. The minimum atomic E-state index is -1.15. The molecule has 0 aromatic heterocycles. The van der Waals surface area contributed by atoms with E-state index in [-0.39, 0.29) is 83.0 Å². The van der Waals surface area contributed by atoms with Gasteiger partial charge in [0, 0.05) is 36.5 Å². The summed E-state index contributed by atoms with van der Waals surface area (Å²) in [6.07, 6.45) is 1.68. The minimum absolute atomic E-state index is 0.0159. The van der Waals surface area contributed by atoms with Crippen molar-refractivity contribution in [3.8, 4) is 0 Å². The van der Waals surface area contributed by atoms with E-state index in [2.05, 4.69) is 13.8 Å². The second kappa shape index (κ2) is 7.28. The van der Waals surface area contributed by atoms with Gasteiger partial charge in [-0.2, -0.15) is 0 Å². The highest BCUT2D eigenvalue weighted by molar-refractivity contribution is 5.77. The number of aliphatic hydroxyl groups is 1. The Morgan fingerprint density at radius 2 is 1.74 bits per heavy atom. The molecular weight excluding hydrogens is 500 g/mol. The third kappa shape index (κ3) is 2.63. The van der Waals surface area contributed by atoms with E-state index in [1.54, 1.807) is 0 Å². The van der Waals surface area contributed by atoms with Crippen LogP contribution in [0.1, 0.15) is 67.2 Å². The zero-order valence-corrected chi connectivity index (χ0v) is 23.6. The molecule has 5 aliphatic carbocycles. The molecule has 0 radical (unpaired) electrons. The van der Waals surface area contributed by atoms with Gasteiger partial charge in [-0.25, -0.2) is 0 Å². The topological polar surface area (TPSA) is 108 Å². The molecular formula is C31H40O8. The lowest BCUT2D eigenvalue weighted by Crippen LogP contribution is -2.53. The largest absolute Gasteiger partial charge is 0.462 e. The molecule has 8 aliphatic rings. The zero-order chi connectivity index (χ0) is 27.5. The van der Waals surface area contributed by atoms with Gasteiger partial charge < -0.3 is 24.1 Å². The molecule has 3 aliphatic heterocycles. The fourth-order valence-electron chi connectivity index (χ4n) is 12.3. The second-order valence-corrected chi connectivity index (χ2v) is 14.7. The van der Waals surface area contributed by atoms with Gasteiger partial charge in [0.25, 0.3) is 0 Å². The molecule has 5 bridgehead atoms. The van der Waals surface area contributed by atoms with Crippen LogP contribution in [0.4, 0.5) is 0 Å². The normalized spacial score (nSPS) is 59.7. The Balaban J connectivity index is 1.33. The molecule has 3 saturated heterocycles.